The smallest absolute Gasteiger partial charge is 0.175 e. The molecule has 0 saturated carbocycles. The Balaban J connectivity index is 2.31. The highest BCUT2D eigenvalue weighted by atomic mass is 32.2. The molecule has 2 rings (SSSR count). The van der Waals surface area contributed by atoms with Crippen LogP contribution in [0.2, 0.25) is 0 Å². The van der Waals surface area contributed by atoms with Crippen molar-refractivity contribution in [2.45, 2.75) is 11.4 Å². The number of aromatic nitrogens is 1. The van der Waals surface area contributed by atoms with Gasteiger partial charge >= 0.3 is 0 Å². The summed E-state index contributed by atoms with van der Waals surface area (Å²) in [5.41, 5.74) is 0.903. The van der Waals surface area contributed by atoms with Crippen LogP contribution in [-0.4, -0.2) is 26.7 Å². The molecule has 0 spiro atoms. The lowest BCUT2D eigenvalue weighted by atomic mass is 10.2. The number of rotatable bonds is 5. The minimum absolute atomic E-state index is 0.235. The van der Waals surface area contributed by atoms with Gasteiger partial charge < -0.3 is 10.1 Å². The van der Waals surface area contributed by atoms with Gasteiger partial charge in [-0.05, 0) is 31.3 Å². The summed E-state index contributed by atoms with van der Waals surface area (Å²) in [5, 5.41) is 3.03. The van der Waals surface area contributed by atoms with Crippen LogP contribution in [0.1, 0.15) is 5.56 Å². The summed E-state index contributed by atoms with van der Waals surface area (Å²) in [7, 11) is -1.41. The zero-order valence-corrected chi connectivity index (χ0v) is 12.1. The Morgan fingerprint density at radius 1 is 1.30 bits per heavy atom. The highest BCUT2D eigenvalue weighted by molar-refractivity contribution is 7.90. The number of ether oxygens (including phenoxy) is 1. The van der Waals surface area contributed by atoms with E-state index in [0.29, 0.717) is 18.0 Å². The standard InChI is InChI=1S/C14H16N2O3S/c1-15-9-11-10-16-7-6-14(11)19-12-4-3-5-13(8-12)20(2,17)18/h3-8,10,15H,9H2,1-2H3. The van der Waals surface area contributed by atoms with Gasteiger partial charge in [0.15, 0.2) is 9.84 Å². The molecule has 1 aromatic carbocycles. The van der Waals surface area contributed by atoms with E-state index >= 15 is 0 Å². The van der Waals surface area contributed by atoms with Crippen LogP contribution in [-0.2, 0) is 16.4 Å². The Bertz CT molecular complexity index is 699. The van der Waals surface area contributed by atoms with Crippen molar-refractivity contribution < 1.29 is 13.2 Å². The number of sulfone groups is 1. The van der Waals surface area contributed by atoms with Crippen molar-refractivity contribution in [2.75, 3.05) is 13.3 Å². The second kappa shape index (κ2) is 6.02. The summed E-state index contributed by atoms with van der Waals surface area (Å²) in [4.78, 5) is 4.28. The lowest BCUT2D eigenvalue weighted by Crippen LogP contribution is -2.06. The normalized spacial score (nSPS) is 11.3. The van der Waals surface area contributed by atoms with E-state index in [1.165, 1.54) is 12.3 Å². The first kappa shape index (κ1) is 14.5. The topological polar surface area (TPSA) is 68.3 Å². The van der Waals surface area contributed by atoms with Crippen LogP contribution in [0, 0.1) is 0 Å². The highest BCUT2D eigenvalue weighted by Gasteiger charge is 2.09. The van der Waals surface area contributed by atoms with E-state index < -0.39 is 9.84 Å². The van der Waals surface area contributed by atoms with Crippen molar-refractivity contribution in [3.63, 3.8) is 0 Å². The van der Waals surface area contributed by atoms with Gasteiger partial charge in [-0.3, -0.25) is 4.98 Å². The predicted octanol–water partition coefficient (Wildman–Crippen LogP) is 2.00. The second-order valence-corrected chi connectivity index (χ2v) is 6.38. The third-order valence-corrected chi connectivity index (χ3v) is 3.80. The minimum atomic E-state index is -3.24. The SMILES string of the molecule is CNCc1cnccc1Oc1cccc(S(C)(=O)=O)c1. The molecule has 0 amide bonds. The predicted molar refractivity (Wildman–Crippen MR) is 76.6 cm³/mol. The molecular weight excluding hydrogens is 276 g/mol. The fourth-order valence-electron chi connectivity index (χ4n) is 1.73. The Kier molecular flexibility index (Phi) is 4.36. The first-order valence-corrected chi connectivity index (χ1v) is 7.95. The Labute approximate surface area is 118 Å². The molecule has 2 aromatic rings. The molecule has 1 heterocycles. The zero-order valence-electron chi connectivity index (χ0n) is 11.3. The quantitative estimate of drug-likeness (QED) is 0.913. The maximum Gasteiger partial charge on any atom is 0.175 e. The zero-order chi connectivity index (χ0) is 14.6. The number of pyridine rings is 1. The van der Waals surface area contributed by atoms with Crippen molar-refractivity contribution in [3.05, 3.63) is 48.3 Å². The van der Waals surface area contributed by atoms with E-state index in [1.54, 1.807) is 36.7 Å². The molecule has 1 aromatic heterocycles. The molecule has 0 bridgehead atoms. The lowest BCUT2D eigenvalue weighted by molar-refractivity contribution is 0.471. The largest absolute Gasteiger partial charge is 0.457 e. The van der Waals surface area contributed by atoms with E-state index in [9.17, 15) is 8.42 Å². The van der Waals surface area contributed by atoms with E-state index in [-0.39, 0.29) is 4.90 Å². The van der Waals surface area contributed by atoms with Gasteiger partial charge in [-0.1, -0.05) is 6.07 Å². The molecule has 0 aliphatic rings. The molecule has 0 fully saturated rings. The molecule has 0 radical (unpaired) electrons. The van der Waals surface area contributed by atoms with Crippen LogP contribution in [0.25, 0.3) is 0 Å². The third kappa shape index (κ3) is 3.55. The van der Waals surface area contributed by atoms with Crippen molar-refractivity contribution in [2.24, 2.45) is 0 Å². The van der Waals surface area contributed by atoms with Crippen LogP contribution in [0.5, 0.6) is 11.5 Å². The van der Waals surface area contributed by atoms with E-state index in [4.69, 9.17) is 4.74 Å². The number of hydrogen-bond donors (Lipinski definition) is 1. The van der Waals surface area contributed by atoms with Gasteiger partial charge in [0.25, 0.3) is 0 Å². The van der Waals surface area contributed by atoms with Gasteiger partial charge in [0.1, 0.15) is 11.5 Å². The van der Waals surface area contributed by atoms with Gasteiger partial charge in [0.05, 0.1) is 4.90 Å². The molecule has 0 atom stereocenters. The highest BCUT2D eigenvalue weighted by Crippen LogP contribution is 2.26. The van der Waals surface area contributed by atoms with Crippen molar-refractivity contribution in [1.82, 2.24) is 10.3 Å². The summed E-state index contributed by atoms with van der Waals surface area (Å²) in [6, 6.07) is 8.19. The molecule has 0 unspecified atom stereocenters. The van der Waals surface area contributed by atoms with Gasteiger partial charge in [-0.2, -0.15) is 0 Å². The molecule has 5 nitrogen and oxygen atoms in total. The second-order valence-electron chi connectivity index (χ2n) is 4.36. The Morgan fingerprint density at radius 3 is 2.80 bits per heavy atom. The summed E-state index contributed by atoms with van der Waals surface area (Å²) >= 11 is 0. The fourth-order valence-corrected chi connectivity index (χ4v) is 2.39. The maximum absolute atomic E-state index is 11.5. The van der Waals surface area contributed by atoms with Crippen LogP contribution >= 0.6 is 0 Å². The van der Waals surface area contributed by atoms with Crippen LogP contribution in [0.4, 0.5) is 0 Å². The number of benzene rings is 1. The molecule has 0 aliphatic carbocycles. The number of nitrogens with one attached hydrogen (secondary N) is 1. The summed E-state index contributed by atoms with van der Waals surface area (Å²) in [6.07, 6.45) is 4.52. The minimum Gasteiger partial charge on any atom is -0.457 e. The molecular formula is C14H16N2O3S. The molecule has 6 heteroatoms. The van der Waals surface area contributed by atoms with E-state index in [1.807, 2.05) is 7.05 Å². The molecule has 106 valence electrons. The Morgan fingerprint density at radius 2 is 2.10 bits per heavy atom. The Hall–Kier alpha value is -1.92. The number of hydrogen-bond acceptors (Lipinski definition) is 5. The molecule has 1 N–H and O–H groups in total. The van der Waals surface area contributed by atoms with Crippen molar-refractivity contribution >= 4 is 9.84 Å². The third-order valence-electron chi connectivity index (χ3n) is 2.69. The molecule has 20 heavy (non-hydrogen) atoms. The van der Waals surface area contributed by atoms with Gasteiger partial charge in [-0.25, -0.2) is 8.42 Å². The van der Waals surface area contributed by atoms with Crippen LogP contribution in [0.3, 0.4) is 0 Å². The maximum atomic E-state index is 11.5. The summed E-state index contributed by atoms with van der Waals surface area (Å²) in [6.45, 7) is 0.620. The van der Waals surface area contributed by atoms with Crippen LogP contribution < -0.4 is 10.1 Å². The van der Waals surface area contributed by atoms with Crippen molar-refractivity contribution in [1.29, 1.82) is 0 Å². The number of nitrogens with zero attached hydrogens (tertiary/aromatic N) is 1. The average molecular weight is 292 g/mol. The van der Waals surface area contributed by atoms with E-state index in [2.05, 4.69) is 10.3 Å². The monoisotopic (exact) mass is 292 g/mol. The lowest BCUT2D eigenvalue weighted by Gasteiger charge is -2.11. The van der Waals surface area contributed by atoms with E-state index in [0.717, 1.165) is 5.56 Å². The first-order valence-electron chi connectivity index (χ1n) is 6.06. The average Bonchev–Trinajstić information content (AvgIpc) is 2.41. The molecule has 0 saturated heterocycles. The van der Waals surface area contributed by atoms with Crippen molar-refractivity contribution in [3.8, 4) is 11.5 Å². The summed E-state index contributed by atoms with van der Waals surface area (Å²) < 4.78 is 28.8. The van der Waals surface area contributed by atoms with Gasteiger partial charge in [0.2, 0.25) is 0 Å². The first-order chi connectivity index (χ1) is 9.50. The van der Waals surface area contributed by atoms with Crippen LogP contribution in [0.15, 0.2) is 47.6 Å². The molecule has 0 aliphatic heterocycles. The van der Waals surface area contributed by atoms with Gasteiger partial charge in [-0.15, -0.1) is 0 Å². The summed E-state index contributed by atoms with van der Waals surface area (Å²) in [5.74, 6) is 1.14. The van der Waals surface area contributed by atoms with Gasteiger partial charge in [0, 0.05) is 30.8 Å². The fraction of sp³-hybridized carbons (Fsp3) is 0.214.